The number of hydrogen-bond donors (Lipinski definition) is 3. The van der Waals surface area contributed by atoms with Gasteiger partial charge in [0.15, 0.2) is 0 Å². The Hall–Kier alpha value is -2.35. The van der Waals surface area contributed by atoms with Crippen LogP contribution in [0.15, 0.2) is 57.2 Å². The van der Waals surface area contributed by atoms with Gasteiger partial charge in [0.1, 0.15) is 14.7 Å². The number of rotatable bonds is 3. The molecule has 4 rings (SSSR count). The molecule has 0 amide bonds. The van der Waals surface area contributed by atoms with Gasteiger partial charge in [0.05, 0.1) is 0 Å². The summed E-state index contributed by atoms with van der Waals surface area (Å²) in [5, 5.41) is 0.927. The van der Waals surface area contributed by atoms with Crippen molar-refractivity contribution in [3.8, 4) is 0 Å². The summed E-state index contributed by atoms with van der Waals surface area (Å²) in [7, 11) is -16.2. The fourth-order valence-electron chi connectivity index (χ4n) is 3.56. The van der Waals surface area contributed by atoms with E-state index in [0.29, 0.717) is 16.2 Å². The first-order valence-electron chi connectivity index (χ1n) is 7.48. The van der Waals surface area contributed by atoms with E-state index in [1.807, 2.05) is 0 Å². The Morgan fingerprint density at radius 3 is 1.25 bits per heavy atom. The molecule has 0 atom stereocenters. The third-order valence-electron chi connectivity index (χ3n) is 4.45. The Labute approximate surface area is 158 Å². The summed E-state index contributed by atoms with van der Waals surface area (Å²) in [5.41, 5.74) is 0. The molecule has 0 spiro atoms. The third-order valence-corrected chi connectivity index (χ3v) is 7.51. The van der Waals surface area contributed by atoms with Crippen molar-refractivity contribution in [2.24, 2.45) is 0 Å². The normalized spacial score (nSPS) is 13.7. The van der Waals surface area contributed by atoms with Crippen LogP contribution in [0.2, 0.25) is 0 Å². The van der Waals surface area contributed by atoms with Crippen LogP contribution in [0, 0.1) is 0 Å². The summed E-state index contributed by atoms with van der Waals surface area (Å²) < 4.78 is 101. The molecule has 4 aromatic rings. The van der Waals surface area contributed by atoms with Gasteiger partial charge in [0.2, 0.25) is 0 Å². The minimum absolute atomic E-state index is 0.00301. The quantitative estimate of drug-likeness (QED) is 0.319. The summed E-state index contributed by atoms with van der Waals surface area (Å²) in [6, 6.07) is 10.3. The van der Waals surface area contributed by atoms with Crippen LogP contribution >= 0.6 is 0 Å². The van der Waals surface area contributed by atoms with Gasteiger partial charge in [0.25, 0.3) is 30.4 Å². The van der Waals surface area contributed by atoms with Crippen molar-refractivity contribution < 1.29 is 38.9 Å². The smallest absolute Gasteiger partial charge is 0.282 e. The molecule has 0 fully saturated rings. The molecule has 9 nitrogen and oxygen atoms in total. The highest BCUT2D eigenvalue weighted by molar-refractivity contribution is 7.90. The Morgan fingerprint density at radius 2 is 0.893 bits per heavy atom. The first-order chi connectivity index (χ1) is 12.8. The maximum atomic E-state index is 12.0. The van der Waals surface area contributed by atoms with E-state index in [4.69, 9.17) is 0 Å². The van der Waals surface area contributed by atoms with Crippen LogP contribution in [-0.4, -0.2) is 38.9 Å². The zero-order chi connectivity index (χ0) is 20.6. The van der Waals surface area contributed by atoms with Crippen molar-refractivity contribution in [3.05, 3.63) is 42.5 Å². The largest absolute Gasteiger partial charge is 0.297 e. The van der Waals surface area contributed by atoms with Crippen molar-refractivity contribution in [1.29, 1.82) is 0 Å². The van der Waals surface area contributed by atoms with E-state index in [-0.39, 0.29) is 16.2 Å². The minimum atomic E-state index is -5.50. The van der Waals surface area contributed by atoms with Gasteiger partial charge in [-0.25, -0.2) is 0 Å². The van der Waals surface area contributed by atoms with Crippen LogP contribution in [0.4, 0.5) is 0 Å². The van der Waals surface area contributed by atoms with E-state index >= 15 is 0 Å². The van der Waals surface area contributed by atoms with Gasteiger partial charge in [-0.1, -0.05) is 42.5 Å². The zero-order valence-electron chi connectivity index (χ0n) is 13.6. The third kappa shape index (κ3) is 2.65. The van der Waals surface area contributed by atoms with Crippen LogP contribution in [0.5, 0.6) is 0 Å². The fourth-order valence-corrected chi connectivity index (χ4v) is 7.14. The lowest BCUT2D eigenvalue weighted by Crippen LogP contribution is -2.16. The standard InChI is InChI=1S/C16H10O9S3/c17-26(18,19)14-10-6-4-8-2-1-3-9-5-7-11(13(10)12(8)9)15(27(20,21)22)16(14)28(23,24)25/h1-7H,(H,17,18,19)(H,20,21,22)(H,23,24,25). The lowest BCUT2D eigenvalue weighted by molar-refractivity contribution is 0.458. The van der Waals surface area contributed by atoms with Gasteiger partial charge in [-0.15, -0.1) is 0 Å². The highest BCUT2D eigenvalue weighted by atomic mass is 32.2. The molecule has 12 heteroatoms. The molecule has 4 aromatic carbocycles. The van der Waals surface area contributed by atoms with E-state index in [0.717, 1.165) is 0 Å². The molecule has 3 N–H and O–H groups in total. The van der Waals surface area contributed by atoms with Crippen molar-refractivity contribution in [2.75, 3.05) is 0 Å². The van der Waals surface area contributed by atoms with Gasteiger partial charge in [-0.05, 0) is 16.2 Å². The summed E-state index contributed by atoms with van der Waals surface area (Å²) in [5.74, 6) is 0. The summed E-state index contributed by atoms with van der Waals surface area (Å²) >= 11 is 0. The van der Waals surface area contributed by atoms with E-state index in [9.17, 15) is 38.9 Å². The lowest BCUT2D eigenvalue weighted by Gasteiger charge is -2.18. The molecule has 0 aliphatic carbocycles. The lowest BCUT2D eigenvalue weighted by atomic mass is 9.94. The van der Waals surface area contributed by atoms with Crippen molar-refractivity contribution >= 4 is 62.7 Å². The van der Waals surface area contributed by atoms with Crippen molar-refractivity contribution in [1.82, 2.24) is 0 Å². The highest BCUT2D eigenvalue weighted by Crippen LogP contribution is 2.44. The molecule has 0 bridgehead atoms. The molecule has 0 heterocycles. The van der Waals surface area contributed by atoms with Gasteiger partial charge < -0.3 is 0 Å². The Bertz CT molecular complexity index is 1520. The van der Waals surface area contributed by atoms with Crippen LogP contribution in [0.25, 0.3) is 32.3 Å². The maximum Gasteiger partial charge on any atom is 0.297 e. The fraction of sp³-hybridized carbons (Fsp3) is 0. The molecule has 146 valence electrons. The second-order valence-corrected chi connectivity index (χ2v) is 10.2. The van der Waals surface area contributed by atoms with Gasteiger partial charge in [0, 0.05) is 16.2 Å². The average molecular weight is 442 g/mol. The first kappa shape index (κ1) is 19.0. The molecular formula is C16H10O9S3. The molecule has 0 aromatic heterocycles. The summed E-state index contributed by atoms with van der Waals surface area (Å²) in [6.45, 7) is 0. The molecule has 0 saturated carbocycles. The molecule has 0 aliphatic heterocycles. The van der Waals surface area contributed by atoms with Crippen LogP contribution in [0.3, 0.4) is 0 Å². The molecule has 0 aliphatic rings. The second-order valence-electron chi connectivity index (χ2n) is 6.09. The molecule has 0 saturated heterocycles. The molecule has 28 heavy (non-hydrogen) atoms. The number of benzene rings is 4. The second kappa shape index (κ2) is 5.59. The zero-order valence-corrected chi connectivity index (χ0v) is 16.0. The summed E-state index contributed by atoms with van der Waals surface area (Å²) in [4.78, 5) is -4.26. The van der Waals surface area contributed by atoms with Gasteiger partial charge in [-0.3, -0.25) is 13.7 Å². The Morgan fingerprint density at radius 1 is 0.500 bits per heavy atom. The average Bonchev–Trinajstić information content (AvgIpc) is 2.55. The van der Waals surface area contributed by atoms with E-state index < -0.39 is 45.0 Å². The topological polar surface area (TPSA) is 163 Å². The van der Waals surface area contributed by atoms with Crippen LogP contribution in [-0.2, 0) is 30.4 Å². The minimum Gasteiger partial charge on any atom is -0.282 e. The molecule has 0 unspecified atom stereocenters. The maximum absolute atomic E-state index is 12.0. The van der Waals surface area contributed by atoms with E-state index in [1.165, 1.54) is 24.3 Å². The molecular weight excluding hydrogens is 432 g/mol. The van der Waals surface area contributed by atoms with Gasteiger partial charge >= 0.3 is 0 Å². The predicted molar refractivity (Wildman–Crippen MR) is 99.6 cm³/mol. The Balaban J connectivity index is 2.56. The van der Waals surface area contributed by atoms with Gasteiger partial charge in [-0.2, -0.15) is 25.3 Å². The van der Waals surface area contributed by atoms with Crippen LogP contribution < -0.4 is 0 Å². The SMILES string of the molecule is O=S(=O)(O)c1c(S(=O)(=O)O)c2ccc3cccc4ccc(c1S(=O)(=O)O)c2c34. The number of hydrogen-bond acceptors (Lipinski definition) is 6. The monoisotopic (exact) mass is 442 g/mol. The highest BCUT2D eigenvalue weighted by Gasteiger charge is 2.37. The predicted octanol–water partition coefficient (Wildman–Crippen LogP) is 2.32. The van der Waals surface area contributed by atoms with E-state index in [1.54, 1.807) is 18.2 Å². The summed E-state index contributed by atoms with van der Waals surface area (Å²) in [6.07, 6.45) is 0. The van der Waals surface area contributed by atoms with E-state index in [2.05, 4.69) is 0 Å². The molecule has 0 radical (unpaired) electrons. The van der Waals surface area contributed by atoms with Crippen LogP contribution in [0.1, 0.15) is 0 Å². The van der Waals surface area contributed by atoms with Crippen molar-refractivity contribution in [3.63, 3.8) is 0 Å². The first-order valence-corrected chi connectivity index (χ1v) is 11.8. The van der Waals surface area contributed by atoms with Crippen molar-refractivity contribution in [2.45, 2.75) is 14.7 Å². The Kier molecular flexibility index (Phi) is 3.79.